The van der Waals surface area contributed by atoms with Gasteiger partial charge in [-0.15, -0.1) is 0 Å². The number of anilines is 4. The highest BCUT2D eigenvalue weighted by Crippen LogP contribution is 2.27. The molecule has 0 aliphatic heterocycles. The summed E-state index contributed by atoms with van der Waals surface area (Å²) in [6.07, 6.45) is 4.56. The van der Waals surface area contributed by atoms with Crippen LogP contribution in [0.4, 0.5) is 27.4 Å². The molecule has 4 aromatic rings. The van der Waals surface area contributed by atoms with Crippen molar-refractivity contribution in [3.8, 4) is 5.82 Å². The molecule has 0 aliphatic rings. The molecule has 0 fully saturated rings. The number of halogens is 1. The molecule has 1 aromatic carbocycles. The number of amides is 1. The van der Waals surface area contributed by atoms with E-state index in [4.69, 9.17) is 0 Å². The number of rotatable bonds is 7. The number of pyridine rings is 1. The van der Waals surface area contributed by atoms with E-state index in [0.29, 0.717) is 28.7 Å². The largest absolute Gasteiger partial charge is 0.373 e. The first-order chi connectivity index (χ1) is 16.2. The summed E-state index contributed by atoms with van der Waals surface area (Å²) >= 11 is 0. The Hall–Kier alpha value is -4.34. The highest BCUT2D eigenvalue weighted by Gasteiger charge is 2.22. The van der Waals surface area contributed by atoms with Gasteiger partial charge in [-0.3, -0.25) is 9.78 Å². The van der Waals surface area contributed by atoms with E-state index >= 15 is 0 Å². The lowest BCUT2D eigenvalue weighted by Gasteiger charge is -2.15. The van der Waals surface area contributed by atoms with Crippen LogP contribution in [0, 0.1) is 6.92 Å². The van der Waals surface area contributed by atoms with Crippen molar-refractivity contribution in [1.29, 1.82) is 0 Å². The molecule has 34 heavy (non-hydrogen) atoms. The zero-order valence-electron chi connectivity index (χ0n) is 19.3. The molecule has 10 heteroatoms. The quantitative estimate of drug-likeness (QED) is 0.369. The molecule has 3 heterocycles. The third-order valence-corrected chi connectivity index (χ3v) is 5.16. The number of hydrogen-bond acceptors (Lipinski definition) is 7. The lowest BCUT2D eigenvalue weighted by Crippen LogP contribution is -2.16. The lowest BCUT2D eigenvalue weighted by atomic mass is 10.0. The Labute approximate surface area is 196 Å². The molecule has 9 nitrogen and oxygen atoms in total. The highest BCUT2D eigenvalue weighted by molar-refractivity contribution is 6.04. The van der Waals surface area contributed by atoms with Gasteiger partial charge in [0.25, 0.3) is 5.91 Å². The summed E-state index contributed by atoms with van der Waals surface area (Å²) < 4.78 is 15.9. The number of nitrogens with one attached hydrogen (secondary N) is 3. The average molecular weight is 461 g/mol. The Bertz CT molecular complexity index is 1330. The van der Waals surface area contributed by atoms with Crippen LogP contribution in [0.15, 0.2) is 61.2 Å². The van der Waals surface area contributed by atoms with Crippen molar-refractivity contribution in [2.45, 2.75) is 26.4 Å². The van der Waals surface area contributed by atoms with Gasteiger partial charge in [0, 0.05) is 42.3 Å². The van der Waals surface area contributed by atoms with Gasteiger partial charge >= 0.3 is 0 Å². The van der Waals surface area contributed by atoms with Crippen LogP contribution in [-0.4, -0.2) is 37.7 Å². The van der Waals surface area contributed by atoms with Gasteiger partial charge in [-0.2, -0.15) is 9.78 Å². The van der Waals surface area contributed by atoms with E-state index in [0.717, 1.165) is 11.3 Å². The Morgan fingerprint density at radius 2 is 1.85 bits per heavy atom. The van der Waals surface area contributed by atoms with Gasteiger partial charge < -0.3 is 16.0 Å². The minimum atomic E-state index is -1.64. The second-order valence-corrected chi connectivity index (χ2v) is 8.15. The monoisotopic (exact) mass is 460 g/mol. The summed E-state index contributed by atoms with van der Waals surface area (Å²) in [5, 5.41) is 13.5. The van der Waals surface area contributed by atoms with Crippen molar-refractivity contribution in [3.05, 3.63) is 78.0 Å². The third kappa shape index (κ3) is 5.01. The van der Waals surface area contributed by atoms with Crippen LogP contribution < -0.4 is 16.0 Å². The average Bonchev–Trinajstić information content (AvgIpc) is 3.29. The molecule has 3 aromatic heterocycles. The zero-order chi connectivity index (χ0) is 24.3. The van der Waals surface area contributed by atoms with Crippen LogP contribution in [0.2, 0.25) is 0 Å². The molecule has 174 valence electrons. The van der Waals surface area contributed by atoms with Gasteiger partial charge in [0.15, 0.2) is 5.82 Å². The van der Waals surface area contributed by atoms with E-state index in [1.54, 1.807) is 36.1 Å². The predicted molar refractivity (Wildman–Crippen MR) is 129 cm³/mol. The Morgan fingerprint density at radius 1 is 1.03 bits per heavy atom. The number of aryl methyl sites for hydroxylation is 1. The molecule has 3 N–H and O–H groups in total. The molecular formula is C24H25FN8O. The summed E-state index contributed by atoms with van der Waals surface area (Å²) in [4.78, 5) is 25.2. The molecule has 0 radical (unpaired) electrons. The molecule has 0 bridgehead atoms. The van der Waals surface area contributed by atoms with Crippen molar-refractivity contribution in [2.24, 2.45) is 0 Å². The summed E-state index contributed by atoms with van der Waals surface area (Å²) in [5.74, 6) is 1.60. The number of carbonyl (C=O) groups excluding carboxylic acids is 1. The smallest absolute Gasteiger partial charge is 0.255 e. The molecule has 0 spiro atoms. The number of hydrogen-bond donors (Lipinski definition) is 3. The number of carbonyl (C=O) groups is 1. The fourth-order valence-corrected chi connectivity index (χ4v) is 3.25. The van der Waals surface area contributed by atoms with Crippen LogP contribution in [0.25, 0.3) is 5.82 Å². The normalized spacial score (nSPS) is 11.2. The van der Waals surface area contributed by atoms with Crippen LogP contribution in [0.1, 0.15) is 35.5 Å². The summed E-state index contributed by atoms with van der Waals surface area (Å²) in [6.45, 7) is 4.76. The second-order valence-electron chi connectivity index (χ2n) is 8.15. The molecule has 0 unspecified atom stereocenters. The van der Waals surface area contributed by atoms with Crippen molar-refractivity contribution in [3.63, 3.8) is 0 Å². The molecule has 0 aliphatic carbocycles. The van der Waals surface area contributed by atoms with Gasteiger partial charge in [0.2, 0.25) is 0 Å². The standard InChI is InChI=1S/C24H25FN8O/c1-15-5-6-17(31-23(34)16-7-9-27-19(11-16)24(2,3)25)12-18(15)32-21-8-10-30-33(21)22-13-20(26-4)28-14-29-22/h5-14,32H,1-4H3,(H,31,34)(H,26,28,29). The van der Waals surface area contributed by atoms with Crippen LogP contribution in [0.5, 0.6) is 0 Å². The Morgan fingerprint density at radius 3 is 2.62 bits per heavy atom. The van der Waals surface area contributed by atoms with E-state index < -0.39 is 5.67 Å². The lowest BCUT2D eigenvalue weighted by molar-refractivity contribution is 0.102. The Kier molecular flexibility index (Phi) is 6.22. The van der Waals surface area contributed by atoms with Gasteiger partial charge in [0.1, 0.15) is 23.6 Å². The van der Waals surface area contributed by atoms with Gasteiger partial charge in [0.05, 0.1) is 11.9 Å². The van der Waals surface area contributed by atoms with Gasteiger partial charge in [-0.25, -0.2) is 14.4 Å². The predicted octanol–water partition coefficient (Wildman–Crippen LogP) is 4.61. The molecule has 0 atom stereocenters. The van der Waals surface area contributed by atoms with E-state index in [9.17, 15) is 9.18 Å². The first-order valence-corrected chi connectivity index (χ1v) is 10.6. The summed E-state index contributed by atoms with van der Waals surface area (Å²) in [5.41, 5.74) is 1.22. The molecule has 4 rings (SSSR count). The first kappa shape index (κ1) is 22.8. The minimum absolute atomic E-state index is 0.200. The number of nitrogens with zero attached hydrogens (tertiary/aromatic N) is 5. The fraction of sp³-hybridized carbons (Fsp3) is 0.208. The molecule has 1 amide bonds. The fourth-order valence-electron chi connectivity index (χ4n) is 3.25. The number of benzene rings is 1. The van der Waals surface area contributed by atoms with Crippen LogP contribution in [0.3, 0.4) is 0 Å². The van der Waals surface area contributed by atoms with Gasteiger partial charge in [-0.05, 0) is 50.6 Å². The maximum atomic E-state index is 14.2. The second kappa shape index (κ2) is 9.26. The third-order valence-electron chi connectivity index (χ3n) is 5.16. The van der Waals surface area contributed by atoms with Crippen molar-refractivity contribution in [1.82, 2.24) is 24.7 Å². The van der Waals surface area contributed by atoms with E-state index in [1.807, 2.05) is 25.1 Å². The molecule has 0 saturated carbocycles. The van der Waals surface area contributed by atoms with E-state index in [-0.39, 0.29) is 11.6 Å². The van der Waals surface area contributed by atoms with Crippen molar-refractivity contribution in [2.75, 3.05) is 23.0 Å². The topological polar surface area (TPSA) is 110 Å². The van der Waals surface area contributed by atoms with E-state index in [1.165, 1.54) is 32.4 Å². The molecular weight excluding hydrogens is 435 g/mol. The maximum Gasteiger partial charge on any atom is 0.255 e. The number of alkyl halides is 1. The summed E-state index contributed by atoms with van der Waals surface area (Å²) in [7, 11) is 1.78. The highest BCUT2D eigenvalue weighted by atomic mass is 19.1. The number of aromatic nitrogens is 5. The van der Waals surface area contributed by atoms with E-state index in [2.05, 4.69) is 36.0 Å². The van der Waals surface area contributed by atoms with Gasteiger partial charge in [-0.1, -0.05) is 6.07 Å². The summed E-state index contributed by atoms with van der Waals surface area (Å²) in [6, 6.07) is 12.1. The van der Waals surface area contributed by atoms with Crippen LogP contribution in [-0.2, 0) is 5.67 Å². The minimum Gasteiger partial charge on any atom is -0.373 e. The van der Waals surface area contributed by atoms with Crippen LogP contribution >= 0.6 is 0 Å². The van der Waals surface area contributed by atoms with Crippen molar-refractivity contribution < 1.29 is 9.18 Å². The molecule has 0 saturated heterocycles. The van der Waals surface area contributed by atoms with Crippen molar-refractivity contribution >= 4 is 28.9 Å². The maximum absolute atomic E-state index is 14.2. The zero-order valence-corrected chi connectivity index (χ0v) is 19.3. The Balaban J connectivity index is 1.56. The SMILES string of the molecule is CNc1cc(-n2nccc2Nc2cc(NC(=O)c3ccnc(C(C)(C)F)c3)ccc2C)ncn1. The first-order valence-electron chi connectivity index (χ1n) is 10.6.